The molecule has 0 spiro atoms. The van der Waals surface area contributed by atoms with E-state index in [4.69, 9.17) is 0 Å². The number of hydrogen-bond acceptors (Lipinski definition) is 3. The van der Waals surface area contributed by atoms with E-state index in [0.29, 0.717) is 0 Å². The van der Waals surface area contributed by atoms with Crippen molar-refractivity contribution in [1.82, 2.24) is 4.90 Å². The summed E-state index contributed by atoms with van der Waals surface area (Å²) < 4.78 is 63.1. The molecular formula is C14H17F3N2O3S. The smallest absolute Gasteiger partial charge is 0.338 e. The van der Waals surface area contributed by atoms with E-state index in [1.54, 1.807) is 0 Å². The maximum absolute atomic E-state index is 12.8. The van der Waals surface area contributed by atoms with Gasteiger partial charge in [-0.05, 0) is 31.0 Å². The van der Waals surface area contributed by atoms with Crippen molar-refractivity contribution in [3.05, 3.63) is 29.8 Å². The van der Waals surface area contributed by atoms with Crippen LogP contribution in [0.15, 0.2) is 24.3 Å². The van der Waals surface area contributed by atoms with Crippen LogP contribution in [-0.2, 0) is 10.0 Å². The Morgan fingerprint density at radius 1 is 1.35 bits per heavy atom. The molecule has 1 heterocycles. The highest BCUT2D eigenvalue weighted by Crippen LogP contribution is 2.33. The van der Waals surface area contributed by atoms with Crippen molar-refractivity contribution in [2.24, 2.45) is 5.92 Å². The summed E-state index contributed by atoms with van der Waals surface area (Å²) in [5.41, 5.74) is 0.351. The number of likely N-dealkylation sites (tertiary alicyclic amines) is 1. The van der Waals surface area contributed by atoms with Gasteiger partial charge in [-0.15, -0.1) is 0 Å². The van der Waals surface area contributed by atoms with Gasteiger partial charge >= 0.3 is 6.18 Å². The minimum Gasteiger partial charge on any atom is -0.338 e. The Labute approximate surface area is 132 Å². The average Bonchev–Trinajstić information content (AvgIpc) is 2.44. The third-order valence-corrected chi connectivity index (χ3v) is 4.19. The van der Waals surface area contributed by atoms with Crippen LogP contribution in [0.2, 0.25) is 0 Å². The molecule has 1 atom stereocenters. The highest BCUT2D eigenvalue weighted by Gasteiger charge is 2.42. The Hall–Kier alpha value is -1.77. The number of halogens is 3. The Morgan fingerprint density at radius 2 is 2.04 bits per heavy atom. The molecule has 1 aliphatic rings. The standard InChI is InChI=1S/C14H17F3N2O3S/c1-23(21,22)18-12-6-2-4-10(8-12)13(20)19-7-3-5-11(9-19)14(15,16)17/h2,4,6,8,11,18H,3,5,7,9H2,1H3. The molecule has 0 saturated carbocycles. The molecule has 1 aliphatic heterocycles. The van der Waals surface area contributed by atoms with Gasteiger partial charge in [0.15, 0.2) is 0 Å². The minimum absolute atomic E-state index is 0.0168. The fourth-order valence-corrected chi connectivity index (χ4v) is 3.10. The molecule has 1 unspecified atom stereocenters. The van der Waals surface area contributed by atoms with E-state index < -0.39 is 28.0 Å². The third-order valence-electron chi connectivity index (χ3n) is 3.58. The summed E-state index contributed by atoms with van der Waals surface area (Å²) in [6.45, 7) is -0.110. The van der Waals surface area contributed by atoms with Crippen molar-refractivity contribution in [3.63, 3.8) is 0 Å². The Morgan fingerprint density at radius 3 is 2.65 bits per heavy atom. The number of hydrogen-bond donors (Lipinski definition) is 1. The fraction of sp³-hybridized carbons (Fsp3) is 0.500. The van der Waals surface area contributed by atoms with E-state index in [1.807, 2.05) is 0 Å². The molecule has 1 amide bonds. The van der Waals surface area contributed by atoms with Crippen molar-refractivity contribution in [1.29, 1.82) is 0 Å². The van der Waals surface area contributed by atoms with Gasteiger partial charge in [-0.2, -0.15) is 13.2 Å². The van der Waals surface area contributed by atoms with Crippen LogP contribution in [0.1, 0.15) is 23.2 Å². The molecule has 1 aromatic carbocycles. The normalized spacial score (nSPS) is 19.5. The molecular weight excluding hydrogens is 333 g/mol. The van der Waals surface area contributed by atoms with E-state index >= 15 is 0 Å². The van der Waals surface area contributed by atoms with Crippen molar-refractivity contribution >= 4 is 21.6 Å². The molecule has 5 nitrogen and oxygen atoms in total. The molecule has 1 fully saturated rings. The highest BCUT2D eigenvalue weighted by molar-refractivity contribution is 7.92. The summed E-state index contributed by atoms with van der Waals surface area (Å²) in [5.74, 6) is -2.05. The second-order valence-corrected chi connectivity index (χ2v) is 7.34. The van der Waals surface area contributed by atoms with E-state index in [2.05, 4.69) is 4.72 Å². The monoisotopic (exact) mass is 350 g/mol. The number of carbonyl (C=O) groups is 1. The number of piperidine rings is 1. The first-order chi connectivity index (χ1) is 10.6. The lowest BCUT2D eigenvalue weighted by atomic mass is 9.97. The van der Waals surface area contributed by atoms with Crippen LogP contribution in [-0.4, -0.2) is 44.7 Å². The molecule has 128 valence electrons. The molecule has 0 bridgehead atoms. The molecule has 2 rings (SSSR count). The predicted octanol–water partition coefficient (Wildman–Crippen LogP) is 2.47. The Bertz CT molecular complexity index is 689. The zero-order chi connectivity index (χ0) is 17.3. The van der Waals surface area contributed by atoms with Crippen LogP contribution in [0.4, 0.5) is 18.9 Å². The Balaban J connectivity index is 2.15. The van der Waals surface area contributed by atoms with Crippen molar-refractivity contribution in [2.75, 3.05) is 24.1 Å². The summed E-state index contributed by atoms with van der Waals surface area (Å²) in [6, 6.07) is 5.71. The van der Waals surface area contributed by atoms with Gasteiger partial charge in [0.25, 0.3) is 5.91 Å². The van der Waals surface area contributed by atoms with Crippen molar-refractivity contribution in [3.8, 4) is 0 Å². The van der Waals surface area contributed by atoms with Gasteiger partial charge in [0, 0.05) is 24.3 Å². The summed E-state index contributed by atoms with van der Waals surface area (Å²) in [5, 5.41) is 0. The number of alkyl halides is 3. The molecule has 0 aromatic heterocycles. The van der Waals surface area contributed by atoms with Crippen LogP contribution in [0.3, 0.4) is 0 Å². The molecule has 9 heteroatoms. The first-order valence-corrected chi connectivity index (χ1v) is 8.89. The van der Waals surface area contributed by atoms with Crippen LogP contribution in [0, 0.1) is 5.92 Å². The van der Waals surface area contributed by atoms with E-state index in [-0.39, 0.29) is 37.2 Å². The van der Waals surface area contributed by atoms with Crippen LogP contribution >= 0.6 is 0 Å². The van der Waals surface area contributed by atoms with Crippen molar-refractivity contribution < 1.29 is 26.4 Å². The molecule has 0 aliphatic carbocycles. The van der Waals surface area contributed by atoms with Gasteiger partial charge in [-0.1, -0.05) is 6.07 Å². The maximum Gasteiger partial charge on any atom is 0.393 e. The van der Waals surface area contributed by atoms with Crippen LogP contribution < -0.4 is 4.72 Å². The van der Waals surface area contributed by atoms with E-state index in [0.717, 1.165) is 6.26 Å². The largest absolute Gasteiger partial charge is 0.393 e. The van der Waals surface area contributed by atoms with Crippen LogP contribution in [0.25, 0.3) is 0 Å². The lowest BCUT2D eigenvalue weighted by molar-refractivity contribution is -0.184. The second-order valence-electron chi connectivity index (χ2n) is 5.59. The van der Waals surface area contributed by atoms with Gasteiger partial charge in [0.2, 0.25) is 10.0 Å². The van der Waals surface area contributed by atoms with Crippen molar-refractivity contribution in [2.45, 2.75) is 19.0 Å². The summed E-state index contributed by atoms with van der Waals surface area (Å²) in [7, 11) is -3.50. The topological polar surface area (TPSA) is 66.5 Å². The Kier molecular flexibility index (Phi) is 4.88. The summed E-state index contributed by atoms with van der Waals surface area (Å²) >= 11 is 0. The quantitative estimate of drug-likeness (QED) is 0.911. The van der Waals surface area contributed by atoms with Gasteiger partial charge in [0.1, 0.15) is 0 Å². The van der Waals surface area contributed by atoms with E-state index in [1.165, 1.54) is 29.2 Å². The molecule has 1 saturated heterocycles. The predicted molar refractivity (Wildman–Crippen MR) is 79.6 cm³/mol. The first kappa shape index (κ1) is 17.6. The minimum atomic E-state index is -4.32. The lowest BCUT2D eigenvalue weighted by Gasteiger charge is -2.33. The highest BCUT2D eigenvalue weighted by atomic mass is 32.2. The molecule has 1 aromatic rings. The number of nitrogens with one attached hydrogen (secondary N) is 1. The fourth-order valence-electron chi connectivity index (χ4n) is 2.54. The number of nitrogens with zero attached hydrogens (tertiary/aromatic N) is 1. The number of rotatable bonds is 3. The van der Waals surface area contributed by atoms with Gasteiger partial charge in [-0.3, -0.25) is 9.52 Å². The zero-order valence-electron chi connectivity index (χ0n) is 12.4. The van der Waals surface area contributed by atoms with E-state index in [9.17, 15) is 26.4 Å². The summed E-state index contributed by atoms with van der Waals surface area (Å²) in [6.07, 6.45) is -3.04. The maximum atomic E-state index is 12.8. The third kappa shape index (κ3) is 4.85. The van der Waals surface area contributed by atoms with Gasteiger partial charge in [0.05, 0.1) is 12.2 Å². The van der Waals surface area contributed by atoms with Gasteiger partial charge < -0.3 is 4.90 Å². The summed E-state index contributed by atoms with van der Waals surface area (Å²) in [4.78, 5) is 13.5. The molecule has 0 radical (unpaired) electrons. The first-order valence-electron chi connectivity index (χ1n) is 7.00. The lowest BCUT2D eigenvalue weighted by Crippen LogP contribution is -2.44. The number of anilines is 1. The number of amides is 1. The second kappa shape index (κ2) is 6.38. The average molecular weight is 350 g/mol. The number of sulfonamides is 1. The number of carbonyl (C=O) groups excluding carboxylic acids is 1. The molecule has 23 heavy (non-hydrogen) atoms. The number of benzene rings is 1. The SMILES string of the molecule is CS(=O)(=O)Nc1cccc(C(=O)N2CCCC(C(F)(F)F)C2)c1. The van der Waals surface area contributed by atoms with Crippen LogP contribution in [0.5, 0.6) is 0 Å². The van der Waals surface area contributed by atoms with Gasteiger partial charge in [-0.25, -0.2) is 8.42 Å². The molecule has 1 N–H and O–H groups in total. The zero-order valence-corrected chi connectivity index (χ0v) is 13.2.